The number of hydrogen-bond donors (Lipinski definition) is 1. The van der Waals surface area contributed by atoms with Crippen LogP contribution in [0.2, 0.25) is 0 Å². The Morgan fingerprint density at radius 3 is 2.89 bits per heavy atom. The molecule has 1 aromatic carbocycles. The lowest BCUT2D eigenvalue weighted by atomic mass is 9.78. The molecule has 1 fully saturated rings. The minimum absolute atomic E-state index is 0.199. The maximum absolute atomic E-state index is 11.3. The Hall–Kier alpha value is -1.35. The van der Waals surface area contributed by atoms with E-state index in [2.05, 4.69) is 48.3 Å². The summed E-state index contributed by atoms with van der Waals surface area (Å²) in [6, 6.07) is 8.75. The fraction of sp³-hybridized carbons (Fsp3) is 0.562. The molecule has 1 atom stereocenters. The molecule has 1 saturated heterocycles. The van der Waals surface area contributed by atoms with Gasteiger partial charge in [-0.25, -0.2) is 0 Å². The number of fused-ring (bicyclic) bond motifs is 1. The first kappa shape index (κ1) is 12.7. The van der Waals surface area contributed by atoms with E-state index in [1.165, 1.54) is 11.1 Å². The van der Waals surface area contributed by atoms with Crippen LogP contribution in [0.3, 0.4) is 0 Å². The van der Waals surface area contributed by atoms with E-state index in [0.29, 0.717) is 12.3 Å². The molecule has 0 unspecified atom stereocenters. The molecule has 1 amide bonds. The Balaban J connectivity index is 1.75. The average Bonchev–Trinajstić information content (AvgIpc) is 2.74. The smallest absolute Gasteiger partial charge is 0.220 e. The Morgan fingerprint density at radius 2 is 2.16 bits per heavy atom. The predicted molar refractivity (Wildman–Crippen MR) is 75.9 cm³/mol. The van der Waals surface area contributed by atoms with E-state index in [4.69, 9.17) is 0 Å². The molecule has 0 bridgehead atoms. The summed E-state index contributed by atoms with van der Waals surface area (Å²) in [5, 5.41) is 2.93. The van der Waals surface area contributed by atoms with Crippen molar-refractivity contribution in [2.45, 2.75) is 32.2 Å². The van der Waals surface area contributed by atoms with Crippen LogP contribution in [0.1, 0.15) is 31.4 Å². The van der Waals surface area contributed by atoms with E-state index in [1.54, 1.807) is 0 Å². The van der Waals surface area contributed by atoms with Crippen LogP contribution in [-0.4, -0.2) is 30.4 Å². The summed E-state index contributed by atoms with van der Waals surface area (Å²) in [5.74, 6) is 0.690. The molecule has 2 heterocycles. The SMILES string of the molecule is CC1(C)CN(C[C@@H]2CNC(=O)C2)Cc2ccccc21. The largest absolute Gasteiger partial charge is 0.356 e. The fourth-order valence-electron chi connectivity index (χ4n) is 3.55. The van der Waals surface area contributed by atoms with Crippen LogP contribution in [-0.2, 0) is 16.8 Å². The third kappa shape index (κ3) is 2.52. The lowest BCUT2D eigenvalue weighted by Crippen LogP contribution is -2.44. The highest BCUT2D eigenvalue weighted by Crippen LogP contribution is 2.33. The van der Waals surface area contributed by atoms with Crippen LogP contribution in [0.5, 0.6) is 0 Å². The van der Waals surface area contributed by atoms with Crippen LogP contribution in [0.15, 0.2) is 24.3 Å². The summed E-state index contributed by atoms with van der Waals surface area (Å²) in [6.07, 6.45) is 0.693. The second kappa shape index (κ2) is 4.64. The number of hydrogen-bond acceptors (Lipinski definition) is 2. The van der Waals surface area contributed by atoms with Crippen molar-refractivity contribution < 1.29 is 4.79 Å². The summed E-state index contributed by atoms with van der Waals surface area (Å²) >= 11 is 0. The van der Waals surface area contributed by atoms with E-state index in [0.717, 1.165) is 26.2 Å². The van der Waals surface area contributed by atoms with Crippen molar-refractivity contribution in [1.29, 1.82) is 0 Å². The van der Waals surface area contributed by atoms with Gasteiger partial charge in [0, 0.05) is 38.0 Å². The van der Waals surface area contributed by atoms with Gasteiger partial charge in [-0.05, 0) is 17.0 Å². The molecule has 102 valence electrons. The van der Waals surface area contributed by atoms with Gasteiger partial charge in [-0.2, -0.15) is 0 Å². The van der Waals surface area contributed by atoms with Gasteiger partial charge in [-0.1, -0.05) is 38.1 Å². The van der Waals surface area contributed by atoms with E-state index < -0.39 is 0 Å². The highest BCUT2D eigenvalue weighted by Gasteiger charge is 2.33. The number of amides is 1. The van der Waals surface area contributed by atoms with Gasteiger partial charge in [0.15, 0.2) is 0 Å². The second-order valence-corrected chi connectivity index (χ2v) is 6.58. The molecule has 3 nitrogen and oxygen atoms in total. The van der Waals surface area contributed by atoms with Gasteiger partial charge in [-0.3, -0.25) is 9.69 Å². The maximum Gasteiger partial charge on any atom is 0.220 e. The molecule has 2 aliphatic rings. The first-order valence-corrected chi connectivity index (χ1v) is 7.12. The van der Waals surface area contributed by atoms with Crippen molar-refractivity contribution in [3.8, 4) is 0 Å². The third-order valence-electron chi connectivity index (χ3n) is 4.34. The number of nitrogens with zero attached hydrogens (tertiary/aromatic N) is 1. The maximum atomic E-state index is 11.3. The van der Waals surface area contributed by atoms with E-state index >= 15 is 0 Å². The molecule has 1 aromatic rings. The van der Waals surface area contributed by atoms with Crippen LogP contribution in [0, 0.1) is 5.92 Å². The van der Waals surface area contributed by atoms with Gasteiger partial charge >= 0.3 is 0 Å². The molecule has 0 saturated carbocycles. The van der Waals surface area contributed by atoms with Gasteiger partial charge < -0.3 is 5.32 Å². The number of benzene rings is 1. The van der Waals surface area contributed by atoms with Crippen LogP contribution in [0.4, 0.5) is 0 Å². The van der Waals surface area contributed by atoms with Crippen molar-refractivity contribution in [3.63, 3.8) is 0 Å². The van der Waals surface area contributed by atoms with Crippen molar-refractivity contribution >= 4 is 5.91 Å². The summed E-state index contributed by atoms with van der Waals surface area (Å²) in [6.45, 7) is 8.60. The molecule has 3 heteroatoms. The summed E-state index contributed by atoms with van der Waals surface area (Å²) in [5.41, 5.74) is 3.12. The topological polar surface area (TPSA) is 32.3 Å². The summed E-state index contributed by atoms with van der Waals surface area (Å²) in [7, 11) is 0. The Kier molecular flexibility index (Phi) is 3.09. The molecule has 0 aromatic heterocycles. The molecule has 0 radical (unpaired) electrons. The quantitative estimate of drug-likeness (QED) is 0.879. The minimum atomic E-state index is 0.199. The highest BCUT2D eigenvalue weighted by atomic mass is 16.1. The van der Waals surface area contributed by atoms with Crippen molar-refractivity contribution in [3.05, 3.63) is 35.4 Å². The van der Waals surface area contributed by atoms with Crippen LogP contribution in [0.25, 0.3) is 0 Å². The highest BCUT2D eigenvalue weighted by molar-refractivity contribution is 5.78. The van der Waals surface area contributed by atoms with Crippen molar-refractivity contribution in [1.82, 2.24) is 10.2 Å². The zero-order chi connectivity index (χ0) is 13.5. The molecule has 0 spiro atoms. The fourth-order valence-corrected chi connectivity index (χ4v) is 3.55. The zero-order valence-electron chi connectivity index (χ0n) is 11.8. The first-order valence-electron chi connectivity index (χ1n) is 7.12. The van der Waals surface area contributed by atoms with Crippen LogP contribution < -0.4 is 5.32 Å². The molecule has 2 aliphatic heterocycles. The van der Waals surface area contributed by atoms with Crippen LogP contribution >= 0.6 is 0 Å². The zero-order valence-corrected chi connectivity index (χ0v) is 11.8. The van der Waals surface area contributed by atoms with Gasteiger partial charge in [0.05, 0.1) is 0 Å². The molecule has 19 heavy (non-hydrogen) atoms. The molecule has 0 aliphatic carbocycles. The second-order valence-electron chi connectivity index (χ2n) is 6.58. The summed E-state index contributed by atoms with van der Waals surface area (Å²) < 4.78 is 0. The Labute approximate surface area is 115 Å². The lowest BCUT2D eigenvalue weighted by Gasteiger charge is -2.40. The minimum Gasteiger partial charge on any atom is -0.356 e. The standard InChI is InChI=1S/C16H22N2O/c1-16(2)11-18(9-12-7-15(19)17-8-12)10-13-5-3-4-6-14(13)16/h3-6,12H,7-11H2,1-2H3,(H,17,19)/t12-/m0/s1. The first-order chi connectivity index (χ1) is 9.04. The number of rotatable bonds is 2. The van der Waals surface area contributed by atoms with E-state index in [9.17, 15) is 4.79 Å². The van der Waals surface area contributed by atoms with Gasteiger partial charge in [0.2, 0.25) is 5.91 Å². The Morgan fingerprint density at radius 1 is 1.37 bits per heavy atom. The number of nitrogens with one attached hydrogen (secondary N) is 1. The summed E-state index contributed by atoms with van der Waals surface area (Å²) in [4.78, 5) is 13.8. The van der Waals surface area contributed by atoms with E-state index in [-0.39, 0.29) is 11.3 Å². The van der Waals surface area contributed by atoms with Gasteiger partial charge in [-0.15, -0.1) is 0 Å². The van der Waals surface area contributed by atoms with Gasteiger partial charge in [0.1, 0.15) is 0 Å². The molecule has 1 N–H and O–H groups in total. The number of carbonyl (C=O) groups excluding carboxylic acids is 1. The normalized spacial score (nSPS) is 26.0. The van der Waals surface area contributed by atoms with Crippen molar-refractivity contribution in [2.75, 3.05) is 19.6 Å². The average molecular weight is 258 g/mol. The molecule has 3 rings (SSSR count). The lowest BCUT2D eigenvalue weighted by molar-refractivity contribution is -0.119. The monoisotopic (exact) mass is 258 g/mol. The molecular weight excluding hydrogens is 236 g/mol. The molecular formula is C16H22N2O. The van der Waals surface area contributed by atoms with Gasteiger partial charge in [0.25, 0.3) is 0 Å². The predicted octanol–water partition coefficient (Wildman–Crippen LogP) is 1.92. The number of carbonyl (C=O) groups is 1. The third-order valence-corrected chi connectivity index (χ3v) is 4.34. The van der Waals surface area contributed by atoms with Crippen molar-refractivity contribution in [2.24, 2.45) is 5.92 Å². The van der Waals surface area contributed by atoms with E-state index in [1.807, 2.05) is 0 Å². The Bertz CT molecular complexity index is 495.